The van der Waals surface area contributed by atoms with E-state index in [1.807, 2.05) is 30.8 Å². The number of carbonyl (C=O) groups excluding carboxylic acids is 1. The first-order valence-electron chi connectivity index (χ1n) is 6.19. The average molecular weight is 295 g/mol. The van der Waals surface area contributed by atoms with Crippen LogP contribution in [0.25, 0.3) is 0 Å². The molecule has 1 aromatic heterocycles. The van der Waals surface area contributed by atoms with Crippen molar-refractivity contribution in [2.45, 2.75) is 20.4 Å². The Morgan fingerprint density at radius 1 is 1.40 bits per heavy atom. The smallest absolute Gasteiger partial charge is 0.251 e. The summed E-state index contributed by atoms with van der Waals surface area (Å²) in [6.45, 7) is 5.07. The number of benzene rings is 1. The molecule has 2 aromatic rings. The Kier molecular flexibility index (Phi) is 5.58. The molecule has 0 fully saturated rings. The van der Waals surface area contributed by atoms with Crippen molar-refractivity contribution in [3.8, 4) is 0 Å². The van der Waals surface area contributed by atoms with Crippen molar-refractivity contribution in [1.29, 1.82) is 0 Å². The summed E-state index contributed by atoms with van der Waals surface area (Å²) in [6, 6.07) is 5.34. The molecule has 5 nitrogen and oxygen atoms in total. The molecule has 20 heavy (non-hydrogen) atoms. The van der Waals surface area contributed by atoms with Crippen LogP contribution in [0.3, 0.4) is 0 Å². The van der Waals surface area contributed by atoms with Gasteiger partial charge in [0, 0.05) is 24.0 Å². The molecule has 3 N–H and O–H groups in total. The topological polar surface area (TPSA) is 72.9 Å². The first kappa shape index (κ1) is 16.0. The van der Waals surface area contributed by atoms with Crippen LogP contribution in [0, 0.1) is 13.8 Å². The van der Waals surface area contributed by atoms with Crippen LogP contribution in [-0.2, 0) is 6.54 Å². The van der Waals surface area contributed by atoms with Gasteiger partial charge in [0.05, 0.1) is 12.7 Å². The second-order valence-electron chi connectivity index (χ2n) is 4.61. The molecule has 0 unspecified atom stereocenters. The fraction of sp³-hybridized carbons (Fsp3) is 0.286. The van der Waals surface area contributed by atoms with Crippen LogP contribution >= 0.6 is 12.4 Å². The highest BCUT2D eigenvalue weighted by Gasteiger charge is 2.08. The molecule has 1 aromatic carbocycles. The fourth-order valence-corrected chi connectivity index (χ4v) is 1.85. The highest BCUT2D eigenvalue weighted by molar-refractivity contribution is 5.96. The molecule has 0 saturated heterocycles. The van der Waals surface area contributed by atoms with Crippen molar-refractivity contribution in [2.24, 2.45) is 0 Å². The van der Waals surface area contributed by atoms with E-state index >= 15 is 0 Å². The summed E-state index contributed by atoms with van der Waals surface area (Å²) in [5.41, 5.74) is 8.94. The van der Waals surface area contributed by atoms with E-state index in [1.54, 1.807) is 18.3 Å². The van der Waals surface area contributed by atoms with Crippen LogP contribution in [0.2, 0.25) is 0 Å². The molecular formula is C14H19ClN4O. The fourth-order valence-electron chi connectivity index (χ4n) is 1.85. The van der Waals surface area contributed by atoms with Crippen molar-refractivity contribution in [3.63, 3.8) is 0 Å². The maximum Gasteiger partial charge on any atom is 0.251 e. The van der Waals surface area contributed by atoms with Crippen LogP contribution in [0.4, 0.5) is 5.69 Å². The molecule has 108 valence electrons. The van der Waals surface area contributed by atoms with Gasteiger partial charge in [-0.05, 0) is 37.1 Å². The van der Waals surface area contributed by atoms with Crippen LogP contribution in [0.15, 0.2) is 30.6 Å². The van der Waals surface area contributed by atoms with Crippen molar-refractivity contribution >= 4 is 24.0 Å². The van der Waals surface area contributed by atoms with Crippen LogP contribution in [0.1, 0.15) is 21.5 Å². The molecular weight excluding hydrogens is 276 g/mol. The van der Waals surface area contributed by atoms with Gasteiger partial charge >= 0.3 is 0 Å². The lowest BCUT2D eigenvalue weighted by molar-refractivity contribution is 0.0951. The van der Waals surface area contributed by atoms with E-state index in [4.69, 9.17) is 5.73 Å². The zero-order chi connectivity index (χ0) is 13.8. The number of rotatable bonds is 4. The number of aryl methyl sites for hydroxylation is 2. The summed E-state index contributed by atoms with van der Waals surface area (Å²) >= 11 is 0. The predicted octanol–water partition coefficient (Wildman–Crippen LogP) is 1.93. The van der Waals surface area contributed by atoms with Gasteiger partial charge < -0.3 is 11.1 Å². The normalized spacial score (nSPS) is 9.90. The maximum absolute atomic E-state index is 12.0. The van der Waals surface area contributed by atoms with Crippen molar-refractivity contribution in [1.82, 2.24) is 15.1 Å². The minimum absolute atomic E-state index is 0. The number of halogens is 1. The number of nitrogens with zero attached hydrogens (tertiary/aromatic N) is 2. The van der Waals surface area contributed by atoms with E-state index in [2.05, 4.69) is 10.4 Å². The van der Waals surface area contributed by atoms with Gasteiger partial charge in [-0.1, -0.05) is 6.07 Å². The standard InChI is InChI=1S/C14H18N4O.ClH/c1-10-8-17-18(9-10)6-5-16-14(19)13-7-12(15)4-3-11(13)2;/h3-4,7-9H,5-6,15H2,1-2H3,(H,16,19);1H. The SMILES string of the molecule is Cc1cnn(CCNC(=O)c2cc(N)ccc2C)c1.Cl. The van der Waals surface area contributed by atoms with Gasteiger partial charge in [0.2, 0.25) is 0 Å². The van der Waals surface area contributed by atoms with Crippen molar-refractivity contribution in [2.75, 3.05) is 12.3 Å². The number of hydrogen-bond acceptors (Lipinski definition) is 3. The van der Waals surface area contributed by atoms with Gasteiger partial charge in [-0.15, -0.1) is 12.4 Å². The van der Waals surface area contributed by atoms with E-state index in [9.17, 15) is 4.79 Å². The molecule has 0 aliphatic rings. The molecule has 6 heteroatoms. The summed E-state index contributed by atoms with van der Waals surface area (Å²) < 4.78 is 1.81. The lowest BCUT2D eigenvalue weighted by Gasteiger charge is -2.08. The van der Waals surface area contributed by atoms with Crippen LogP contribution < -0.4 is 11.1 Å². The molecule has 0 atom stereocenters. The minimum atomic E-state index is -0.103. The van der Waals surface area contributed by atoms with Gasteiger partial charge in [0.1, 0.15) is 0 Å². The molecule has 0 aliphatic carbocycles. The number of nitrogens with one attached hydrogen (secondary N) is 1. The van der Waals surface area contributed by atoms with Gasteiger partial charge in [-0.2, -0.15) is 5.10 Å². The zero-order valence-corrected chi connectivity index (χ0v) is 12.4. The van der Waals surface area contributed by atoms with E-state index < -0.39 is 0 Å². The largest absolute Gasteiger partial charge is 0.399 e. The first-order chi connectivity index (χ1) is 9.06. The Morgan fingerprint density at radius 2 is 2.15 bits per heavy atom. The number of carbonyl (C=O) groups is 1. The summed E-state index contributed by atoms with van der Waals surface area (Å²) in [6.07, 6.45) is 3.74. The summed E-state index contributed by atoms with van der Waals surface area (Å²) in [5, 5.41) is 7.03. The molecule has 1 heterocycles. The number of aromatic nitrogens is 2. The minimum Gasteiger partial charge on any atom is -0.399 e. The highest BCUT2D eigenvalue weighted by Crippen LogP contribution is 2.12. The van der Waals surface area contributed by atoms with Gasteiger partial charge in [-0.3, -0.25) is 9.48 Å². The molecule has 0 spiro atoms. The highest BCUT2D eigenvalue weighted by atomic mass is 35.5. The number of anilines is 1. The third kappa shape index (κ3) is 3.99. The van der Waals surface area contributed by atoms with Gasteiger partial charge in [-0.25, -0.2) is 0 Å². The van der Waals surface area contributed by atoms with Gasteiger partial charge in [0.25, 0.3) is 5.91 Å². The number of hydrogen-bond donors (Lipinski definition) is 2. The lowest BCUT2D eigenvalue weighted by Crippen LogP contribution is -2.28. The molecule has 0 radical (unpaired) electrons. The average Bonchev–Trinajstić information content (AvgIpc) is 2.78. The first-order valence-corrected chi connectivity index (χ1v) is 6.19. The second-order valence-corrected chi connectivity index (χ2v) is 4.61. The van der Waals surface area contributed by atoms with E-state index in [-0.39, 0.29) is 18.3 Å². The molecule has 2 rings (SSSR count). The second kappa shape index (κ2) is 6.96. The zero-order valence-electron chi connectivity index (χ0n) is 11.6. The number of amides is 1. The third-order valence-corrected chi connectivity index (χ3v) is 2.90. The molecule has 1 amide bonds. The van der Waals surface area contributed by atoms with E-state index in [0.29, 0.717) is 24.3 Å². The van der Waals surface area contributed by atoms with E-state index in [0.717, 1.165) is 11.1 Å². The predicted molar refractivity (Wildman–Crippen MR) is 82.1 cm³/mol. The summed E-state index contributed by atoms with van der Waals surface area (Å²) in [7, 11) is 0. The number of nitrogen functional groups attached to an aromatic ring is 1. The Balaban J connectivity index is 0.00000200. The Labute approximate surface area is 124 Å². The third-order valence-electron chi connectivity index (χ3n) is 2.90. The van der Waals surface area contributed by atoms with Crippen molar-refractivity contribution in [3.05, 3.63) is 47.3 Å². The Morgan fingerprint density at radius 3 is 2.80 bits per heavy atom. The maximum atomic E-state index is 12.0. The Bertz CT molecular complexity index is 595. The van der Waals surface area contributed by atoms with Gasteiger partial charge in [0.15, 0.2) is 0 Å². The van der Waals surface area contributed by atoms with E-state index in [1.165, 1.54) is 0 Å². The molecule has 0 saturated carbocycles. The molecule has 0 aliphatic heterocycles. The molecule has 0 bridgehead atoms. The summed E-state index contributed by atoms with van der Waals surface area (Å²) in [5.74, 6) is -0.103. The monoisotopic (exact) mass is 294 g/mol. The van der Waals surface area contributed by atoms with Crippen LogP contribution in [0.5, 0.6) is 0 Å². The number of nitrogens with two attached hydrogens (primary N) is 1. The summed E-state index contributed by atoms with van der Waals surface area (Å²) in [4.78, 5) is 12.0. The lowest BCUT2D eigenvalue weighted by atomic mass is 10.1. The quantitative estimate of drug-likeness (QED) is 0.846. The Hall–Kier alpha value is -2.01. The van der Waals surface area contributed by atoms with Crippen LogP contribution in [-0.4, -0.2) is 22.2 Å². The van der Waals surface area contributed by atoms with Crippen molar-refractivity contribution < 1.29 is 4.79 Å².